The van der Waals surface area contributed by atoms with E-state index in [0.29, 0.717) is 17.4 Å². The van der Waals surface area contributed by atoms with Crippen LogP contribution >= 0.6 is 11.6 Å². The third kappa shape index (κ3) is 1.23. The Bertz CT molecular complexity index is 466. The van der Waals surface area contributed by atoms with Gasteiger partial charge in [-0.25, -0.2) is 4.98 Å². The normalized spacial score (nSPS) is 10.8. The molecule has 0 aliphatic heterocycles. The van der Waals surface area contributed by atoms with E-state index in [-0.39, 0.29) is 0 Å². The number of ether oxygens (including phenoxy) is 1. The molecule has 0 radical (unpaired) electrons. The van der Waals surface area contributed by atoms with E-state index < -0.39 is 0 Å². The van der Waals surface area contributed by atoms with Gasteiger partial charge in [-0.05, 0) is 12.1 Å². The lowest BCUT2D eigenvalue weighted by Crippen LogP contribution is -2.02. The molecule has 0 atom stereocenters. The maximum Gasteiger partial charge on any atom is 0.159 e. The molecule has 14 heavy (non-hydrogen) atoms. The third-order valence-electron chi connectivity index (χ3n) is 2.06. The first kappa shape index (κ1) is 9.30. The van der Waals surface area contributed by atoms with Crippen molar-refractivity contribution in [3.8, 4) is 5.75 Å². The average Bonchev–Trinajstić information content (AvgIpc) is 2.55. The first-order chi connectivity index (χ1) is 6.77. The minimum atomic E-state index is 0.348. The number of nitrogens with two attached hydrogens (primary N) is 1. The Hall–Kier alpha value is -1.26. The van der Waals surface area contributed by atoms with E-state index in [0.717, 1.165) is 11.3 Å². The molecule has 5 heteroatoms. The molecule has 2 rings (SSSR count). The molecule has 0 spiro atoms. The van der Waals surface area contributed by atoms with Gasteiger partial charge in [-0.2, -0.15) is 0 Å². The second-order valence-electron chi connectivity index (χ2n) is 2.82. The van der Waals surface area contributed by atoms with Crippen molar-refractivity contribution in [1.29, 1.82) is 0 Å². The first-order valence-electron chi connectivity index (χ1n) is 4.17. The minimum Gasteiger partial charge on any atom is -0.494 e. The van der Waals surface area contributed by atoms with Crippen molar-refractivity contribution in [3.05, 3.63) is 29.3 Å². The highest BCUT2D eigenvalue weighted by Gasteiger charge is 2.11. The lowest BCUT2D eigenvalue weighted by molar-refractivity contribution is 0.418. The van der Waals surface area contributed by atoms with Gasteiger partial charge in [-0.1, -0.05) is 11.6 Å². The van der Waals surface area contributed by atoms with E-state index in [1.807, 2.05) is 22.7 Å². The molecule has 0 saturated heterocycles. The average molecular weight is 212 g/mol. The van der Waals surface area contributed by atoms with Gasteiger partial charge in [0.2, 0.25) is 0 Å². The fourth-order valence-corrected chi connectivity index (χ4v) is 1.72. The van der Waals surface area contributed by atoms with Crippen LogP contribution in [0.25, 0.3) is 5.52 Å². The fraction of sp³-hybridized carbons (Fsp3) is 0.222. The van der Waals surface area contributed by atoms with Crippen LogP contribution < -0.4 is 10.5 Å². The monoisotopic (exact) mass is 211 g/mol. The zero-order valence-corrected chi connectivity index (χ0v) is 8.45. The van der Waals surface area contributed by atoms with Crippen LogP contribution in [0.5, 0.6) is 5.75 Å². The van der Waals surface area contributed by atoms with E-state index in [1.165, 1.54) is 0 Å². The molecule has 0 aliphatic rings. The predicted octanol–water partition coefficient (Wildman–Crippen LogP) is 1.45. The Balaban J connectivity index is 2.81. The summed E-state index contributed by atoms with van der Waals surface area (Å²) in [6.45, 7) is 0.348. The zero-order chi connectivity index (χ0) is 10.1. The molecule has 0 bridgehead atoms. The summed E-state index contributed by atoms with van der Waals surface area (Å²) in [7, 11) is 1.60. The van der Waals surface area contributed by atoms with Crippen LogP contribution in [0.1, 0.15) is 5.82 Å². The number of halogens is 1. The fourth-order valence-electron chi connectivity index (χ4n) is 1.43. The molecule has 0 unspecified atom stereocenters. The molecular formula is C9H10ClN3O. The topological polar surface area (TPSA) is 52.5 Å². The number of pyridine rings is 1. The van der Waals surface area contributed by atoms with E-state index in [2.05, 4.69) is 4.98 Å². The minimum absolute atomic E-state index is 0.348. The van der Waals surface area contributed by atoms with Crippen LogP contribution in [-0.2, 0) is 6.54 Å². The number of aromatic nitrogens is 2. The number of imidazole rings is 1. The van der Waals surface area contributed by atoms with Crippen LogP contribution in [0.4, 0.5) is 0 Å². The molecule has 0 saturated carbocycles. The molecule has 2 N–H and O–H groups in total. The summed E-state index contributed by atoms with van der Waals surface area (Å²) in [4.78, 5) is 4.14. The summed E-state index contributed by atoms with van der Waals surface area (Å²) in [5.74, 6) is 1.42. The number of hydrogen-bond donors (Lipinski definition) is 1. The van der Waals surface area contributed by atoms with Gasteiger partial charge in [0, 0.05) is 6.20 Å². The molecule has 0 aliphatic carbocycles. The highest BCUT2D eigenvalue weighted by atomic mass is 35.5. The Morgan fingerprint density at radius 3 is 3.07 bits per heavy atom. The standard InChI is InChI=1S/C9H10ClN3O/c1-14-6-3-2-4-13-7(5-11)12-9(10)8(6)13/h2-4H,5,11H2,1H3. The predicted molar refractivity (Wildman–Crippen MR) is 54.6 cm³/mol. The third-order valence-corrected chi connectivity index (χ3v) is 2.32. The Kier molecular flexibility index (Phi) is 2.31. The molecule has 0 aromatic carbocycles. The van der Waals surface area contributed by atoms with Gasteiger partial charge in [0.1, 0.15) is 17.1 Å². The van der Waals surface area contributed by atoms with E-state index in [1.54, 1.807) is 7.11 Å². The summed E-state index contributed by atoms with van der Waals surface area (Å²) < 4.78 is 7.01. The van der Waals surface area contributed by atoms with Crippen LogP contribution in [0.2, 0.25) is 5.15 Å². The van der Waals surface area contributed by atoms with E-state index in [4.69, 9.17) is 22.1 Å². The number of methoxy groups -OCH3 is 1. The van der Waals surface area contributed by atoms with Gasteiger partial charge in [0.05, 0.1) is 13.7 Å². The van der Waals surface area contributed by atoms with Crippen LogP contribution in [0, 0.1) is 0 Å². The second kappa shape index (κ2) is 3.48. The Morgan fingerprint density at radius 1 is 1.64 bits per heavy atom. The molecular weight excluding hydrogens is 202 g/mol. The summed E-state index contributed by atoms with van der Waals surface area (Å²) in [6, 6.07) is 3.70. The number of rotatable bonds is 2. The second-order valence-corrected chi connectivity index (χ2v) is 3.18. The summed E-state index contributed by atoms with van der Waals surface area (Å²) in [5, 5.41) is 0.419. The molecule has 74 valence electrons. The maximum absolute atomic E-state index is 5.97. The molecule has 2 aromatic rings. The van der Waals surface area contributed by atoms with Crippen molar-refractivity contribution in [1.82, 2.24) is 9.38 Å². The Morgan fingerprint density at radius 2 is 2.43 bits per heavy atom. The maximum atomic E-state index is 5.97. The molecule has 0 amide bonds. The zero-order valence-electron chi connectivity index (χ0n) is 7.70. The van der Waals surface area contributed by atoms with Crippen molar-refractivity contribution in [3.63, 3.8) is 0 Å². The number of hydrogen-bond acceptors (Lipinski definition) is 3. The molecule has 2 heterocycles. The van der Waals surface area contributed by atoms with E-state index >= 15 is 0 Å². The SMILES string of the molecule is COc1cccn2c(CN)nc(Cl)c12. The van der Waals surface area contributed by atoms with Crippen molar-refractivity contribution in [2.75, 3.05) is 7.11 Å². The van der Waals surface area contributed by atoms with Gasteiger partial charge in [-0.3, -0.25) is 4.40 Å². The van der Waals surface area contributed by atoms with Gasteiger partial charge >= 0.3 is 0 Å². The van der Waals surface area contributed by atoms with E-state index in [9.17, 15) is 0 Å². The highest BCUT2D eigenvalue weighted by molar-refractivity contribution is 6.33. The lowest BCUT2D eigenvalue weighted by atomic mass is 10.4. The lowest BCUT2D eigenvalue weighted by Gasteiger charge is -2.03. The number of nitrogens with zero attached hydrogens (tertiary/aromatic N) is 2. The van der Waals surface area contributed by atoms with Gasteiger partial charge in [-0.15, -0.1) is 0 Å². The van der Waals surface area contributed by atoms with Crippen molar-refractivity contribution >= 4 is 17.1 Å². The smallest absolute Gasteiger partial charge is 0.159 e. The van der Waals surface area contributed by atoms with Crippen molar-refractivity contribution in [2.45, 2.75) is 6.54 Å². The summed E-state index contributed by atoms with van der Waals surface area (Å²) in [6.07, 6.45) is 1.86. The molecule has 4 nitrogen and oxygen atoms in total. The Labute approximate surface area is 86.3 Å². The first-order valence-corrected chi connectivity index (χ1v) is 4.55. The summed E-state index contributed by atoms with van der Waals surface area (Å²) in [5.41, 5.74) is 6.30. The van der Waals surface area contributed by atoms with Crippen LogP contribution in [-0.4, -0.2) is 16.5 Å². The highest BCUT2D eigenvalue weighted by Crippen LogP contribution is 2.27. The largest absolute Gasteiger partial charge is 0.494 e. The summed E-state index contributed by atoms with van der Waals surface area (Å²) >= 11 is 5.97. The molecule has 0 fully saturated rings. The molecule has 2 aromatic heterocycles. The van der Waals surface area contributed by atoms with Crippen molar-refractivity contribution < 1.29 is 4.74 Å². The van der Waals surface area contributed by atoms with Crippen LogP contribution in [0.3, 0.4) is 0 Å². The quantitative estimate of drug-likeness (QED) is 0.818. The van der Waals surface area contributed by atoms with Crippen LogP contribution in [0.15, 0.2) is 18.3 Å². The number of fused-ring (bicyclic) bond motifs is 1. The van der Waals surface area contributed by atoms with Gasteiger partial charge in [0.15, 0.2) is 5.15 Å². The van der Waals surface area contributed by atoms with Crippen molar-refractivity contribution in [2.24, 2.45) is 5.73 Å². The van der Waals surface area contributed by atoms with Gasteiger partial charge in [0.25, 0.3) is 0 Å². The van der Waals surface area contributed by atoms with Gasteiger partial charge < -0.3 is 10.5 Å².